The Bertz CT molecular complexity index is 757. The van der Waals surface area contributed by atoms with E-state index >= 15 is 0 Å². The maximum atomic E-state index is 12.0. The molecule has 0 aliphatic rings. The Morgan fingerprint density at radius 1 is 1.00 bits per heavy atom. The lowest BCUT2D eigenvalue weighted by Gasteiger charge is -2.23. The molecule has 28 heavy (non-hydrogen) atoms. The monoisotopic (exact) mass is 380 g/mol. The van der Waals surface area contributed by atoms with Crippen molar-refractivity contribution < 1.29 is 4.79 Å². The fourth-order valence-electron chi connectivity index (χ4n) is 3.16. The van der Waals surface area contributed by atoms with Crippen LogP contribution in [0.1, 0.15) is 43.4 Å². The molecule has 0 aromatic heterocycles. The van der Waals surface area contributed by atoms with Crippen LogP contribution in [0.5, 0.6) is 0 Å². The van der Waals surface area contributed by atoms with E-state index in [0.29, 0.717) is 0 Å². The lowest BCUT2D eigenvalue weighted by atomic mass is 10.1. The molecule has 2 aromatic carbocycles. The number of anilines is 2. The molecule has 0 saturated carbocycles. The van der Waals surface area contributed by atoms with Crippen LogP contribution in [0.2, 0.25) is 0 Å². The summed E-state index contributed by atoms with van der Waals surface area (Å²) in [6.07, 6.45) is 3.93. The van der Waals surface area contributed by atoms with Crippen molar-refractivity contribution >= 4 is 23.5 Å². The summed E-state index contributed by atoms with van der Waals surface area (Å²) in [4.78, 5) is 14.4. The van der Waals surface area contributed by atoms with Gasteiger partial charge in [-0.3, -0.25) is 4.79 Å². The van der Waals surface area contributed by atoms with Crippen molar-refractivity contribution in [1.82, 2.24) is 5.43 Å². The number of benzene rings is 2. The number of hydrogen-bond donors (Lipinski definition) is 2. The van der Waals surface area contributed by atoms with Crippen molar-refractivity contribution in [2.24, 2.45) is 5.10 Å². The second-order valence-electron chi connectivity index (χ2n) is 6.99. The van der Waals surface area contributed by atoms with Gasteiger partial charge in [0.25, 0.3) is 5.91 Å². The van der Waals surface area contributed by atoms with Crippen LogP contribution in [-0.2, 0) is 4.79 Å². The zero-order chi connectivity index (χ0) is 20.4. The summed E-state index contributed by atoms with van der Waals surface area (Å²) in [5.74, 6) is -0.174. The number of aryl methyl sites for hydroxylation is 2. The molecular weight excluding hydrogens is 348 g/mol. The highest BCUT2D eigenvalue weighted by Crippen LogP contribution is 2.19. The fraction of sp³-hybridized carbons (Fsp3) is 0.391. The van der Waals surface area contributed by atoms with Crippen LogP contribution in [0, 0.1) is 13.8 Å². The molecule has 5 nitrogen and oxygen atoms in total. The van der Waals surface area contributed by atoms with Gasteiger partial charge >= 0.3 is 0 Å². The fourth-order valence-corrected chi connectivity index (χ4v) is 3.16. The summed E-state index contributed by atoms with van der Waals surface area (Å²) in [5.41, 5.74) is 8.00. The number of para-hydroxylation sites is 1. The molecule has 0 atom stereocenters. The molecule has 0 heterocycles. The highest BCUT2D eigenvalue weighted by molar-refractivity contribution is 5.84. The van der Waals surface area contributed by atoms with Crippen LogP contribution < -0.4 is 15.6 Å². The standard InChI is InChI=1S/C23H32N4O/c1-5-14-27(15-6-2)21-12-10-20(11-13-21)16-25-26-22(28)17-24-23-18(3)8-7-9-19(23)4/h7-13,16,24H,5-6,14-15,17H2,1-4H3,(H,26,28)/b25-16-. The van der Waals surface area contributed by atoms with Crippen molar-refractivity contribution in [2.45, 2.75) is 40.5 Å². The van der Waals surface area contributed by atoms with Crippen molar-refractivity contribution in [2.75, 3.05) is 29.9 Å². The third kappa shape index (κ3) is 6.41. The molecule has 2 rings (SSSR count). The molecule has 0 spiro atoms. The zero-order valence-electron chi connectivity index (χ0n) is 17.5. The molecule has 0 fully saturated rings. The number of carbonyl (C=O) groups excluding carboxylic acids is 1. The van der Waals surface area contributed by atoms with Crippen LogP contribution >= 0.6 is 0 Å². The van der Waals surface area contributed by atoms with Gasteiger partial charge in [-0.05, 0) is 55.5 Å². The van der Waals surface area contributed by atoms with Crippen LogP contribution in [0.25, 0.3) is 0 Å². The van der Waals surface area contributed by atoms with E-state index in [4.69, 9.17) is 0 Å². The maximum Gasteiger partial charge on any atom is 0.259 e. The molecule has 5 heteroatoms. The third-order valence-corrected chi connectivity index (χ3v) is 4.56. The van der Waals surface area contributed by atoms with E-state index in [0.717, 1.165) is 48.3 Å². The van der Waals surface area contributed by atoms with Gasteiger partial charge in [-0.25, -0.2) is 5.43 Å². The average Bonchev–Trinajstić information content (AvgIpc) is 2.68. The molecule has 150 valence electrons. The Morgan fingerprint density at radius 3 is 2.18 bits per heavy atom. The number of nitrogens with one attached hydrogen (secondary N) is 2. The molecular formula is C23H32N4O. The molecule has 1 amide bonds. The van der Waals surface area contributed by atoms with E-state index in [9.17, 15) is 4.79 Å². The second kappa shape index (κ2) is 11.1. The van der Waals surface area contributed by atoms with Gasteiger partial charge in [0.05, 0.1) is 12.8 Å². The Kier molecular flexibility index (Phi) is 8.53. The molecule has 2 N–H and O–H groups in total. The van der Waals surface area contributed by atoms with Gasteiger partial charge in [0.15, 0.2) is 0 Å². The molecule has 2 aromatic rings. The number of carbonyl (C=O) groups is 1. The van der Waals surface area contributed by atoms with Crippen LogP contribution in [-0.4, -0.2) is 31.8 Å². The van der Waals surface area contributed by atoms with Gasteiger partial charge in [0.1, 0.15) is 0 Å². The average molecular weight is 381 g/mol. The Hall–Kier alpha value is -2.82. The summed E-state index contributed by atoms with van der Waals surface area (Å²) in [6.45, 7) is 10.7. The van der Waals surface area contributed by atoms with E-state index in [1.165, 1.54) is 5.69 Å². The number of nitrogens with zero attached hydrogens (tertiary/aromatic N) is 2. The summed E-state index contributed by atoms with van der Waals surface area (Å²) < 4.78 is 0. The van der Waals surface area contributed by atoms with Gasteiger partial charge in [-0.1, -0.05) is 44.2 Å². The van der Waals surface area contributed by atoms with Crippen LogP contribution in [0.15, 0.2) is 47.6 Å². The first kappa shape index (κ1) is 21.5. The molecule has 0 bridgehead atoms. The first-order chi connectivity index (χ1) is 13.5. The van der Waals surface area contributed by atoms with Gasteiger partial charge < -0.3 is 10.2 Å². The van der Waals surface area contributed by atoms with Crippen molar-refractivity contribution in [3.05, 3.63) is 59.2 Å². The van der Waals surface area contributed by atoms with Crippen molar-refractivity contribution in [3.8, 4) is 0 Å². The first-order valence-corrected chi connectivity index (χ1v) is 10.0. The largest absolute Gasteiger partial charge is 0.376 e. The summed E-state index contributed by atoms with van der Waals surface area (Å²) in [6, 6.07) is 14.3. The Labute approximate surface area is 168 Å². The Balaban J connectivity index is 1.85. The van der Waals surface area contributed by atoms with Gasteiger partial charge in [0.2, 0.25) is 0 Å². The van der Waals surface area contributed by atoms with Gasteiger partial charge in [0, 0.05) is 24.5 Å². The van der Waals surface area contributed by atoms with Gasteiger partial charge in [-0.2, -0.15) is 5.10 Å². The molecule has 0 radical (unpaired) electrons. The van der Waals surface area contributed by atoms with E-state index in [1.54, 1.807) is 6.21 Å². The highest BCUT2D eigenvalue weighted by atomic mass is 16.2. The van der Waals surface area contributed by atoms with Crippen LogP contribution in [0.3, 0.4) is 0 Å². The predicted octanol–water partition coefficient (Wildman–Crippen LogP) is 4.49. The molecule has 0 aliphatic heterocycles. The van der Waals surface area contributed by atoms with Crippen molar-refractivity contribution in [3.63, 3.8) is 0 Å². The quantitative estimate of drug-likeness (QED) is 0.472. The second-order valence-corrected chi connectivity index (χ2v) is 6.99. The summed E-state index contributed by atoms with van der Waals surface area (Å²) in [5, 5.41) is 7.25. The van der Waals surface area contributed by atoms with Gasteiger partial charge in [-0.15, -0.1) is 0 Å². The normalized spacial score (nSPS) is 10.9. The Morgan fingerprint density at radius 2 is 1.61 bits per heavy atom. The summed E-state index contributed by atoms with van der Waals surface area (Å²) in [7, 11) is 0. The van der Waals surface area contributed by atoms with Crippen molar-refractivity contribution in [1.29, 1.82) is 0 Å². The number of rotatable bonds is 10. The lowest BCUT2D eigenvalue weighted by molar-refractivity contribution is -0.119. The minimum Gasteiger partial charge on any atom is -0.376 e. The molecule has 0 saturated heterocycles. The third-order valence-electron chi connectivity index (χ3n) is 4.56. The zero-order valence-corrected chi connectivity index (χ0v) is 17.5. The van der Waals surface area contributed by atoms with E-state index in [1.807, 2.05) is 44.2 Å². The SMILES string of the molecule is CCCN(CCC)c1ccc(/C=N\NC(=O)CNc2c(C)cccc2C)cc1. The molecule has 0 aliphatic carbocycles. The van der Waals surface area contributed by atoms with E-state index in [2.05, 4.69) is 46.7 Å². The number of hydrogen-bond acceptors (Lipinski definition) is 4. The topological polar surface area (TPSA) is 56.7 Å². The van der Waals surface area contributed by atoms with Crippen LogP contribution in [0.4, 0.5) is 11.4 Å². The minimum atomic E-state index is -0.174. The number of hydrazone groups is 1. The lowest BCUT2D eigenvalue weighted by Crippen LogP contribution is -2.26. The number of amides is 1. The predicted molar refractivity (Wildman–Crippen MR) is 119 cm³/mol. The smallest absolute Gasteiger partial charge is 0.259 e. The summed E-state index contributed by atoms with van der Waals surface area (Å²) >= 11 is 0. The molecule has 0 unspecified atom stereocenters. The van der Waals surface area contributed by atoms with E-state index < -0.39 is 0 Å². The highest BCUT2D eigenvalue weighted by Gasteiger charge is 2.05. The minimum absolute atomic E-state index is 0.174. The van der Waals surface area contributed by atoms with E-state index in [-0.39, 0.29) is 12.5 Å². The first-order valence-electron chi connectivity index (χ1n) is 10.0. The maximum absolute atomic E-state index is 12.0.